The van der Waals surface area contributed by atoms with Crippen molar-refractivity contribution in [1.29, 1.82) is 0 Å². The van der Waals surface area contributed by atoms with Gasteiger partial charge in [0.1, 0.15) is 4.88 Å². The summed E-state index contributed by atoms with van der Waals surface area (Å²) in [5.74, 6) is 0.0149. The molecule has 0 spiro atoms. The van der Waals surface area contributed by atoms with Gasteiger partial charge in [0.15, 0.2) is 5.65 Å². The normalized spacial score (nSPS) is 18.2. The zero-order valence-electron chi connectivity index (χ0n) is 13.6. The fourth-order valence-electron chi connectivity index (χ4n) is 3.32. The lowest BCUT2D eigenvalue weighted by molar-refractivity contribution is 0.0607. The van der Waals surface area contributed by atoms with Gasteiger partial charge < -0.3 is 4.90 Å². The van der Waals surface area contributed by atoms with E-state index in [1.807, 2.05) is 35.4 Å². The highest BCUT2D eigenvalue weighted by Gasteiger charge is 2.32. The standard InChI is InChI=1S/C16H18N6OS/c1-10-9-14-17-7-6-13(22(14)19-10)12-5-3-4-8-21(12)16(23)15-11(2)18-20-24-15/h6-7,9,12H,3-5,8H2,1-2H3. The average Bonchev–Trinajstić information content (AvgIpc) is 3.18. The number of hydrogen-bond acceptors (Lipinski definition) is 6. The van der Waals surface area contributed by atoms with Crippen molar-refractivity contribution in [3.05, 3.63) is 40.3 Å². The first-order valence-electron chi connectivity index (χ1n) is 8.06. The fourth-order valence-corrected chi connectivity index (χ4v) is 3.93. The second kappa shape index (κ2) is 5.94. The largest absolute Gasteiger partial charge is 0.329 e. The van der Waals surface area contributed by atoms with Crippen molar-refractivity contribution in [2.45, 2.75) is 39.2 Å². The van der Waals surface area contributed by atoms with Crippen LogP contribution in [-0.4, -0.2) is 41.5 Å². The number of piperidine rings is 1. The van der Waals surface area contributed by atoms with Crippen LogP contribution in [0.15, 0.2) is 18.3 Å². The molecule has 124 valence electrons. The van der Waals surface area contributed by atoms with E-state index in [1.54, 1.807) is 6.20 Å². The molecule has 1 fully saturated rings. The highest BCUT2D eigenvalue weighted by atomic mass is 32.1. The molecule has 24 heavy (non-hydrogen) atoms. The van der Waals surface area contributed by atoms with Gasteiger partial charge in [-0.05, 0) is 50.7 Å². The highest BCUT2D eigenvalue weighted by Crippen LogP contribution is 2.32. The number of carbonyl (C=O) groups excluding carboxylic acids is 1. The molecule has 1 amide bonds. The number of aryl methyl sites for hydroxylation is 2. The highest BCUT2D eigenvalue weighted by molar-refractivity contribution is 7.07. The van der Waals surface area contributed by atoms with Crippen LogP contribution in [0.25, 0.3) is 5.65 Å². The Kier molecular flexibility index (Phi) is 3.76. The minimum absolute atomic E-state index is 0.00227. The van der Waals surface area contributed by atoms with Crippen molar-refractivity contribution in [2.24, 2.45) is 0 Å². The van der Waals surface area contributed by atoms with Crippen molar-refractivity contribution < 1.29 is 4.79 Å². The Morgan fingerprint density at radius 3 is 3.00 bits per heavy atom. The van der Waals surface area contributed by atoms with E-state index in [-0.39, 0.29) is 11.9 Å². The number of nitrogens with zero attached hydrogens (tertiary/aromatic N) is 6. The predicted octanol–water partition coefficient (Wildman–Crippen LogP) is 2.57. The number of carbonyl (C=O) groups is 1. The molecule has 0 saturated carbocycles. The summed E-state index contributed by atoms with van der Waals surface area (Å²) in [6, 6.07) is 3.92. The van der Waals surface area contributed by atoms with E-state index in [0.717, 1.165) is 42.8 Å². The molecule has 3 aromatic heterocycles. The predicted molar refractivity (Wildman–Crippen MR) is 90.0 cm³/mol. The molecule has 1 aliphatic heterocycles. The summed E-state index contributed by atoms with van der Waals surface area (Å²) in [7, 11) is 0. The van der Waals surface area contributed by atoms with Crippen molar-refractivity contribution >= 4 is 23.1 Å². The molecular weight excluding hydrogens is 324 g/mol. The van der Waals surface area contributed by atoms with Crippen molar-refractivity contribution in [3.8, 4) is 0 Å². The Labute approximate surface area is 143 Å². The third kappa shape index (κ3) is 2.47. The van der Waals surface area contributed by atoms with Crippen molar-refractivity contribution in [1.82, 2.24) is 29.1 Å². The number of likely N-dealkylation sites (tertiary alicyclic amines) is 1. The first-order chi connectivity index (χ1) is 11.6. The Morgan fingerprint density at radius 1 is 1.33 bits per heavy atom. The zero-order valence-corrected chi connectivity index (χ0v) is 14.5. The van der Waals surface area contributed by atoms with Gasteiger partial charge in [0.25, 0.3) is 5.91 Å². The van der Waals surface area contributed by atoms with Crippen LogP contribution in [0.1, 0.15) is 52.1 Å². The summed E-state index contributed by atoms with van der Waals surface area (Å²) in [6.45, 7) is 4.52. The minimum Gasteiger partial charge on any atom is -0.329 e. The molecule has 4 rings (SSSR count). The number of hydrogen-bond donors (Lipinski definition) is 0. The second-order valence-corrected chi connectivity index (χ2v) is 6.88. The number of rotatable bonds is 2. The number of fused-ring (bicyclic) bond motifs is 1. The third-order valence-electron chi connectivity index (χ3n) is 4.46. The van der Waals surface area contributed by atoms with E-state index < -0.39 is 0 Å². The van der Waals surface area contributed by atoms with Gasteiger partial charge >= 0.3 is 0 Å². The van der Waals surface area contributed by atoms with Gasteiger partial charge in [-0.3, -0.25) is 4.79 Å². The van der Waals surface area contributed by atoms with Gasteiger partial charge in [-0.25, -0.2) is 9.50 Å². The molecule has 0 bridgehead atoms. The molecule has 7 nitrogen and oxygen atoms in total. The summed E-state index contributed by atoms with van der Waals surface area (Å²) in [4.78, 5) is 20.0. The maximum Gasteiger partial charge on any atom is 0.268 e. The summed E-state index contributed by atoms with van der Waals surface area (Å²) < 4.78 is 5.77. The Balaban J connectivity index is 1.76. The maximum absolute atomic E-state index is 13.0. The molecule has 0 radical (unpaired) electrons. The van der Waals surface area contributed by atoms with Gasteiger partial charge in [0.05, 0.1) is 23.1 Å². The molecule has 8 heteroatoms. The topological polar surface area (TPSA) is 76.3 Å². The summed E-state index contributed by atoms with van der Waals surface area (Å²) in [5, 5.41) is 8.53. The van der Waals surface area contributed by atoms with Crippen LogP contribution >= 0.6 is 11.5 Å². The first kappa shape index (κ1) is 15.2. The number of amides is 1. The van der Waals surface area contributed by atoms with Gasteiger partial charge in [-0.15, -0.1) is 5.10 Å². The molecule has 3 aromatic rings. The summed E-state index contributed by atoms with van der Waals surface area (Å²) in [6.07, 6.45) is 4.83. The Bertz CT molecular complexity index is 901. The van der Waals surface area contributed by atoms with Crippen molar-refractivity contribution in [2.75, 3.05) is 6.54 Å². The molecule has 0 N–H and O–H groups in total. The minimum atomic E-state index is -0.00227. The molecule has 0 aromatic carbocycles. The fraction of sp³-hybridized carbons (Fsp3) is 0.438. The van der Waals surface area contributed by atoms with Gasteiger partial charge in [-0.2, -0.15) is 5.10 Å². The summed E-state index contributed by atoms with van der Waals surface area (Å²) in [5.41, 5.74) is 3.45. The van der Waals surface area contributed by atoms with E-state index in [1.165, 1.54) is 11.5 Å². The van der Waals surface area contributed by atoms with E-state index in [2.05, 4.69) is 19.7 Å². The van der Waals surface area contributed by atoms with E-state index in [4.69, 9.17) is 0 Å². The van der Waals surface area contributed by atoms with Crippen LogP contribution in [0.3, 0.4) is 0 Å². The molecule has 0 aliphatic carbocycles. The van der Waals surface area contributed by atoms with Gasteiger partial charge in [0.2, 0.25) is 0 Å². The molecular formula is C16H18N6OS. The summed E-state index contributed by atoms with van der Waals surface area (Å²) >= 11 is 1.17. The third-order valence-corrected chi connectivity index (χ3v) is 5.28. The average molecular weight is 342 g/mol. The van der Waals surface area contributed by atoms with Crippen LogP contribution in [0, 0.1) is 13.8 Å². The first-order valence-corrected chi connectivity index (χ1v) is 8.83. The van der Waals surface area contributed by atoms with Crippen LogP contribution in [-0.2, 0) is 0 Å². The SMILES string of the molecule is Cc1cc2nccc(C3CCCCN3C(=O)c3snnc3C)n2n1. The van der Waals surface area contributed by atoms with Gasteiger partial charge in [0, 0.05) is 18.8 Å². The van der Waals surface area contributed by atoms with Crippen LogP contribution in [0.2, 0.25) is 0 Å². The van der Waals surface area contributed by atoms with E-state index in [9.17, 15) is 4.79 Å². The lowest BCUT2D eigenvalue weighted by atomic mass is 9.98. The van der Waals surface area contributed by atoms with Crippen molar-refractivity contribution in [3.63, 3.8) is 0 Å². The smallest absolute Gasteiger partial charge is 0.268 e. The molecule has 1 atom stereocenters. The van der Waals surface area contributed by atoms with Crippen LogP contribution < -0.4 is 0 Å². The Morgan fingerprint density at radius 2 is 2.21 bits per heavy atom. The van der Waals surface area contributed by atoms with Crippen LogP contribution in [0.5, 0.6) is 0 Å². The zero-order chi connectivity index (χ0) is 16.7. The molecule has 1 saturated heterocycles. The van der Waals surface area contributed by atoms with Crippen LogP contribution in [0.4, 0.5) is 0 Å². The molecule has 1 aliphatic rings. The Hall–Kier alpha value is -2.35. The number of aromatic nitrogens is 5. The van der Waals surface area contributed by atoms with E-state index >= 15 is 0 Å². The lowest BCUT2D eigenvalue weighted by Gasteiger charge is -2.35. The molecule has 1 unspecified atom stereocenters. The van der Waals surface area contributed by atoms with E-state index in [0.29, 0.717) is 10.6 Å². The molecule has 4 heterocycles. The monoisotopic (exact) mass is 342 g/mol. The maximum atomic E-state index is 13.0. The quantitative estimate of drug-likeness (QED) is 0.715. The van der Waals surface area contributed by atoms with Gasteiger partial charge in [-0.1, -0.05) is 4.49 Å². The lowest BCUT2D eigenvalue weighted by Crippen LogP contribution is -2.39. The second-order valence-electron chi connectivity index (χ2n) is 6.12.